The zero-order valence-electron chi connectivity index (χ0n) is 9.72. The maximum Gasteiger partial charge on any atom is 0.269 e. The Kier molecular flexibility index (Phi) is 2.89. The molecule has 1 aromatic rings. The number of benzene rings is 1. The Balaban J connectivity index is 2.43. The Bertz CT molecular complexity index is 453. The highest BCUT2D eigenvalue weighted by Gasteiger charge is 2.45. The number of nitro benzene ring substituents is 1. The van der Waals surface area contributed by atoms with Crippen LogP contribution < -0.4 is 5.73 Å². The third-order valence-electron chi connectivity index (χ3n) is 3.65. The van der Waals surface area contributed by atoms with Gasteiger partial charge in [-0.15, -0.1) is 0 Å². The Morgan fingerprint density at radius 2 is 2.24 bits per heavy atom. The Morgan fingerprint density at radius 3 is 2.71 bits per heavy atom. The van der Waals surface area contributed by atoms with E-state index in [0.29, 0.717) is 19.4 Å². The van der Waals surface area contributed by atoms with Gasteiger partial charge in [0.05, 0.1) is 11.0 Å². The number of hydrogen-bond acceptors (Lipinski definition) is 4. The fourth-order valence-corrected chi connectivity index (χ4v) is 2.63. The van der Waals surface area contributed by atoms with E-state index in [0.717, 1.165) is 11.1 Å². The van der Waals surface area contributed by atoms with Crippen molar-refractivity contribution < 1.29 is 10.0 Å². The molecule has 1 aliphatic rings. The van der Waals surface area contributed by atoms with Crippen LogP contribution in [0.15, 0.2) is 18.2 Å². The predicted molar refractivity (Wildman–Crippen MR) is 63.8 cm³/mol. The second kappa shape index (κ2) is 4.09. The number of non-ortho nitro benzene ring substituents is 1. The van der Waals surface area contributed by atoms with Gasteiger partial charge in [-0.05, 0) is 30.9 Å². The monoisotopic (exact) mass is 236 g/mol. The molecular weight excluding hydrogens is 220 g/mol. The van der Waals surface area contributed by atoms with Crippen molar-refractivity contribution in [1.29, 1.82) is 0 Å². The minimum atomic E-state index is -0.401. The van der Waals surface area contributed by atoms with Crippen LogP contribution in [0.1, 0.15) is 24.0 Å². The first-order valence-corrected chi connectivity index (χ1v) is 5.62. The predicted octanol–water partition coefficient (Wildman–Crippen LogP) is 1.25. The summed E-state index contributed by atoms with van der Waals surface area (Å²) in [6.07, 6.45) is 0.842. The molecule has 1 fully saturated rings. The number of aryl methyl sites for hydroxylation is 1. The second-order valence-electron chi connectivity index (χ2n) is 4.80. The van der Waals surface area contributed by atoms with E-state index in [9.17, 15) is 15.2 Å². The molecule has 3 N–H and O–H groups in total. The molecule has 0 saturated heterocycles. The molecule has 0 unspecified atom stereocenters. The standard InChI is InChI=1S/C12H16N2O3/c1-8-2-3-9(14(16)17)4-11(8)12(7-13)5-10(15)6-12/h2-4,10,15H,5-7,13H2,1H3. The van der Waals surface area contributed by atoms with Gasteiger partial charge in [-0.2, -0.15) is 0 Å². The summed E-state index contributed by atoms with van der Waals surface area (Å²) >= 11 is 0. The summed E-state index contributed by atoms with van der Waals surface area (Å²) in [6, 6.07) is 4.84. The topological polar surface area (TPSA) is 89.4 Å². The van der Waals surface area contributed by atoms with Crippen molar-refractivity contribution in [2.24, 2.45) is 5.73 Å². The summed E-state index contributed by atoms with van der Waals surface area (Å²) in [7, 11) is 0. The number of hydrogen-bond donors (Lipinski definition) is 2. The SMILES string of the molecule is Cc1ccc([N+](=O)[O-])cc1C1(CN)CC(O)C1. The molecule has 0 amide bonds. The molecule has 0 aliphatic heterocycles. The van der Waals surface area contributed by atoms with E-state index in [-0.39, 0.29) is 17.2 Å². The van der Waals surface area contributed by atoms with Gasteiger partial charge in [-0.1, -0.05) is 6.07 Å². The van der Waals surface area contributed by atoms with Gasteiger partial charge in [0.2, 0.25) is 0 Å². The molecular formula is C12H16N2O3. The van der Waals surface area contributed by atoms with Crippen molar-refractivity contribution in [3.8, 4) is 0 Å². The molecule has 5 heteroatoms. The fourth-order valence-electron chi connectivity index (χ4n) is 2.63. The first-order valence-electron chi connectivity index (χ1n) is 5.62. The van der Waals surface area contributed by atoms with Crippen LogP contribution in [0, 0.1) is 17.0 Å². The summed E-state index contributed by atoms with van der Waals surface area (Å²) in [6.45, 7) is 2.33. The zero-order valence-corrected chi connectivity index (χ0v) is 9.72. The van der Waals surface area contributed by atoms with Gasteiger partial charge in [-0.3, -0.25) is 10.1 Å². The number of nitrogens with zero attached hydrogens (tertiary/aromatic N) is 1. The minimum absolute atomic E-state index is 0.0832. The third kappa shape index (κ3) is 1.92. The number of nitro groups is 1. The molecule has 0 atom stereocenters. The Hall–Kier alpha value is -1.46. The normalized spacial score (nSPS) is 27.6. The fraction of sp³-hybridized carbons (Fsp3) is 0.500. The Labute approximate surface area is 99.4 Å². The van der Waals surface area contributed by atoms with Gasteiger partial charge >= 0.3 is 0 Å². The number of rotatable bonds is 3. The number of aliphatic hydroxyl groups is 1. The molecule has 92 valence electrons. The van der Waals surface area contributed by atoms with Crippen LogP contribution in [0.3, 0.4) is 0 Å². The van der Waals surface area contributed by atoms with Crippen molar-refractivity contribution in [3.63, 3.8) is 0 Å². The van der Waals surface area contributed by atoms with E-state index in [1.807, 2.05) is 6.92 Å². The number of nitrogens with two attached hydrogens (primary N) is 1. The van der Waals surface area contributed by atoms with Gasteiger partial charge in [0.1, 0.15) is 0 Å². The summed E-state index contributed by atoms with van der Waals surface area (Å²) in [4.78, 5) is 10.4. The van der Waals surface area contributed by atoms with E-state index in [4.69, 9.17) is 5.73 Å². The first-order chi connectivity index (χ1) is 7.98. The quantitative estimate of drug-likeness (QED) is 0.610. The summed E-state index contributed by atoms with van der Waals surface area (Å²) in [5.41, 5.74) is 7.47. The summed E-state index contributed by atoms with van der Waals surface area (Å²) in [5.74, 6) is 0. The van der Waals surface area contributed by atoms with Crippen LogP contribution in [0.25, 0.3) is 0 Å². The first kappa shape index (κ1) is 12.0. The average Bonchev–Trinajstić information content (AvgIpc) is 2.25. The van der Waals surface area contributed by atoms with Crippen LogP contribution in [0.4, 0.5) is 5.69 Å². The summed E-state index contributed by atoms with van der Waals surface area (Å²) < 4.78 is 0. The van der Waals surface area contributed by atoms with Gasteiger partial charge in [0.25, 0.3) is 5.69 Å². The van der Waals surface area contributed by atoms with Crippen molar-refractivity contribution >= 4 is 5.69 Å². The molecule has 1 aromatic carbocycles. The van der Waals surface area contributed by atoms with Crippen molar-refractivity contribution in [1.82, 2.24) is 0 Å². The lowest BCUT2D eigenvalue weighted by Gasteiger charge is -2.45. The van der Waals surface area contributed by atoms with Crippen molar-refractivity contribution in [2.75, 3.05) is 6.54 Å². The van der Waals surface area contributed by atoms with E-state index in [1.54, 1.807) is 12.1 Å². The molecule has 0 aromatic heterocycles. The molecule has 5 nitrogen and oxygen atoms in total. The molecule has 2 rings (SSSR count). The van der Waals surface area contributed by atoms with E-state index < -0.39 is 4.92 Å². The lowest BCUT2D eigenvalue weighted by atomic mass is 9.62. The van der Waals surface area contributed by atoms with E-state index >= 15 is 0 Å². The zero-order chi connectivity index (χ0) is 12.6. The van der Waals surface area contributed by atoms with Crippen LogP contribution >= 0.6 is 0 Å². The molecule has 17 heavy (non-hydrogen) atoms. The smallest absolute Gasteiger partial charge is 0.269 e. The van der Waals surface area contributed by atoms with Crippen LogP contribution in [0.2, 0.25) is 0 Å². The molecule has 0 heterocycles. The molecule has 0 spiro atoms. The molecule has 1 saturated carbocycles. The largest absolute Gasteiger partial charge is 0.393 e. The second-order valence-corrected chi connectivity index (χ2v) is 4.80. The van der Waals surface area contributed by atoms with E-state index in [1.165, 1.54) is 6.07 Å². The van der Waals surface area contributed by atoms with E-state index in [2.05, 4.69) is 0 Å². The maximum absolute atomic E-state index is 10.8. The van der Waals surface area contributed by atoms with Gasteiger partial charge in [0, 0.05) is 24.1 Å². The highest BCUT2D eigenvalue weighted by atomic mass is 16.6. The summed E-state index contributed by atoms with van der Waals surface area (Å²) in [5, 5.41) is 20.2. The van der Waals surface area contributed by atoms with Gasteiger partial charge in [-0.25, -0.2) is 0 Å². The third-order valence-corrected chi connectivity index (χ3v) is 3.65. The Morgan fingerprint density at radius 1 is 1.59 bits per heavy atom. The lowest BCUT2D eigenvalue weighted by Crippen LogP contribution is -2.50. The van der Waals surface area contributed by atoms with Crippen LogP contribution in [-0.4, -0.2) is 22.7 Å². The van der Waals surface area contributed by atoms with Crippen LogP contribution in [-0.2, 0) is 5.41 Å². The molecule has 0 bridgehead atoms. The highest BCUT2D eigenvalue weighted by Crippen LogP contribution is 2.45. The lowest BCUT2D eigenvalue weighted by molar-refractivity contribution is -0.385. The van der Waals surface area contributed by atoms with Crippen molar-refractivity contribution in [2.45, 2.75) is 31.3 Å². The van der Waals surface area contributed by atoms with Gasteiger partial charge < -0.3 is 10.8 Å². The highest BCUT2D eigenvalue weighted by molar-refractivity contribution is 5.45. The average molecular weight is 236 g/mol. The maximum atomic E-state index is 10.8. The molecule has 1 aliphatic carbocycles. The van der Waals surface area contributed by atoms with Gasteiger partial charge in [0.15, 0.2) is 0 Å². The van der Waals surface area contributed by atoms with Crippen LogP contribution in [0.5, 0.6) is 0 Å². The number of aliphatic hydroxyl groups excluding tert-OH is 1. The minimum Gasteiger partial charge on any atom is -0.393 e. The van der Waals surface area contributed by atoms with Crippen molar-refractivity contribution in [3.05, 3.63) is 39.4 Å². The molecule has 0 radical (unpaired) electrons.